The third kappa shape index (κ3) is 3.05. The number of pyridine rings is 1. The number of ether oxygens (including phenoxy) is 1. The highest BCUT2D eigenvalue weighted by Gasteiger charge is 2.50. The Hall–Kier alpha value is -2.60. The smallest absolute Gasteiger partial charge is 0.325 e. The van der Waals surface area contributed by atoms with Crippen molar-refractivity contribution in [2.24, 2.45) is 0 Å². The van der Waals surface area contributed by atoms with Crippen LogP contribution >= 0.6 is 11.6 Å². The van der Waals surface area contributed by atoms with E-state index < -0.39 is 11.6 Å². The van der Waals surface area contributed by atoms with Crippen LogP contribution in [0.1, 0.15) is 23.6 Å². The molecular formula is C18H18ClN3O3. The average Bonchev–Trinajstić information content (AvgIpc) is 2.79. The van der Waals surface area contributed by atoms with Crippen molar-refractivity contribution in [3.63, 3.8) is 0 Å². The van der Waals surface area contributed by atoms with E-state index in [4.69, 9.17) is 16.3 Å². The summed E-state index contributed by atoms with van der Waals surface area (Å²) < 4.78 is 5.38. The standard InChI is InChI=1S/C18H18ClN3O3/c1-11-4-5-14(25-3)13(8-11)18(2)16(23)22(17(24)21-18)10-12-6-7-20-15(19)9-12/h4-9H,10H2,1-3H3,(H,21,24). The molecular weight excluding hydrogens is 342 g/mol. The van der Waals surface area contributed by atoms with Crippen LogP contribution in [0.15, 0.2) is 36.5 Å². The fourth-order valence-electron chi connectivity index (χ4n) is 2.96. The fourth-order valence-corrected chi connectivity index (χ4v) is 3.16. The number of hydrogen-bond donors (Lipinski definition) is 1. The molecule has 130 valence electrons. The van der Waals surface area contributed by atoms with Crippen LogP contribution < -0.4 is 10.1 Å². The number of aryl methyl sites for hydroxylation is 1. The predicted molar refractivity (Wildman–Crippen MR) is 93.4 cm³/mol. The highest BCUT2D eigenvalue weighted by Crippen LogP contribution is 2.36. The Morgan fingerprint density at radius 3 is 2.72 bits per heavy atom. The largest absolute Gasteiger partial charge is 0.496 e. The van der Waals surface area contributed by atoms with Gasteiger partial charge in [0.25, 0.3) is 5.91 Å². The summed E-state index contributed by atoms with van der Waals surface area (Å²) in [5.74, 6) is 0.213. The maximum atomic E-state index is 13.0. The second kappa shape index (κ2) is 6.37. The van der Waals surface area contributed by atoms with Crippen LogP contribution in [-0.2, 0) is 16.9 Å². The number of methoxy groups -OCH3 is 1. The van der Waals surface area contributed by atoms with E-state index in [2.05, 4.69) is 10.3 Å². The third-order valence-electron chi connectivity index (χ3n) is 4.30. The van der Waals surface area contributed by atoms with Gasteiger partial charge in [-0.15, -0.1) is 0 Å². The first-order valence-corrected chi connectivity index (χ1v) is 8.12. The van der Waals surface area contributed by atoms with Crippen molar-refractivity contribution in [2.45, 2.75) is 25.9 Å². The highest BCUT2D eigenvalue weighted by molar-refractivity contribution is 6.29. The molecule has 1 aliphatic rings. The third-order valence-corrected chi connectivity index (χ3v) is 4.51. The summed E-state index contributed by atoms with van der Waals surface area (Å²) in [6, 6.07) is 8.43. The first-order chi connectivity index (χ1) is 11.8. The number of benzene rings is 1. The van der Waals surface area contributed by atoms with Crippen LogP contribution in [0.3, 0.4) is 0 Å². The summed E-state index contributed by atoms with van der Waals surface area (Å²) in [6.07, 6.45) is 1.54. The molecule has 3 amide bonds. The van der Waals surface area contributed by atoms with E-state index in [9.17, 15) is 9.59 Å². The lowest BCUT2D eigenvalue weighted by molar-refractivity contribution is -0.131. The first kappa shape index (κ1) is 17.2. The van der Waals surface area contributed by atoms with Gasteiger partial charge in [0, 0.05) is 11.8 Å². The van der Waals surface area contributed by atoms with Crippen molar-refractivity contribution in [2.75, 3.05) is 7.11 Å². The Bertz CT molecular complexity index is 855. The number of halogens is 1. The molecule has 1 atom stereocenters. The minimum absolute atomic E-state index is 0.122. The topological polar surface area (TPSA) is 71.5 Å². The molecule has 0 radical (unpaired) electrons. The van der Waals surface area contributed by atoms with Crippen LogP contribution in [0.4, 0.5) is 4.79 Å². The van der Waals surface area contributed by atoms with Gasteiger partial charge in [-0.3, -0.25) is 9.69 Å². The quantitative estimate of drug-likeness (QED) is 0.672. The molecule has 0 bridgehead atoms. The van der Waals surface area contributed by atoms with Gasteiger partial charge in [0.1, 0.15) is 16.4 Å². The maximum Gasteiger partial charge on any atom is 0.325 e. The molecule has 25 heavy (non-hydrogen) atoms. The lowest BCUT2D eigenvalue weighted by Gasteiger charge is -2.24. The Labute approximate surface area is 150 Å². The van der Waals surface area contributed by atoms with Crippen LogP contribution in [0, 0.1) is 6.92 Å². The van der Waals surface area contributed by atoms with Crippen molar-refractivity contribution >= 4 is 23.5 Å². The summed E-state index contributed by atoms with van der Waals surface area (Å²) in [7, 11) is 1.54. The number of carbonyl (C=O) groups excluding carboxylic acids is 2. The molecule has 7 heteroatoms. The Kier molecular flexibility index (Phi) is 4.39. The van der Waals surface area contributed by atoms with Crippen LogP contribution in [0.5, 0.6) is 5.75 Å². The lowest BCUT2D eigenvalue weighted by atomic mass is 9.90. The molecule has 2 aromatic rings. The zero-order chi connectivity index (χ0) is 18.2. The summed E-state index contributed by atoms with van der Waals surface area (Å²) >= 11 is 5.88. The van der Waals surface area contributed by atoms with E-state index >= 15 is 0 Å². The van der Waals surface area contributed by atoms with Gasteiger partial charge in [0.15, 0.2) is 0 Å². The molecule has 3 rings (SSSR count). The molecule has 1 N–H and O–H groups in total. The number of aromatic nitrogens is 1. The second-order valence-electron chi connectivity index (χ2n) is 6.14. The first-order valence-electron chi connectivity index (χ1n) is 7.75. The Morgan fingerprint density at radius 1 is 1.28 bits per heavy atom. The number of urea groups is 1. The number of rotatable bonds is 4. The molecule has 6 nitrogen and oxygen atoms in total. The molecule has 1 aromatic heterocycles. The van der Waals surface area contributed by atoms with Gasteiger partial charge >= 0.3 is 6.03 Å². The van der Waals surface area contributed by atoms with Crippen molar-refractivity contribution in [3.05, 3.63) is 58.4 Å². The monoisotopic (exact) mass is 359 g/mol. The Balaban J connectivity index is 1.96. The van der Waals surface area contributed by atoms with Crippen molar-refractivity contribution < 1.29 is 14.3 Å². The van der Waals surface area contributed by atoms with E-state index in [-0.39, 0.29) is 12.5 Å². The molecule has 2 heterocycles. The number of nitrogens with zero attached hydrogens (tertiary/aromatic N) is 2. The van der Waals surface area contributed by atoms with Crippen LogP contribution in [0.2, 0.25) is 5.15 Å². The van der Waals surface area contributed by atoms with Gasteiger partial charge < -0.3 is 10.1 Å². The Morgan fingerprint density at radius 2 is 2.04 bits per heavy atom. The van der Waals surface area contributed by atoms with Gasteiger partial charge in [-0.05, 0) is 43.7 Å². The van der Waals surface area contributed by atoms with Gasteiger partial charge in [-0.1, -0.05) is 23.2 Å². The summed E-state index contributed by atoms with van der Waals surface area (Å²) in [4.78, 5) is 30.6. The van der Waals surface area contributed by atoms with E-state index in [0.717, 1.165) is 11.1 Å². The zero-order valence-corrected chi connectivity index (χ0v) is 14.9. The summed E-state index contributed by atoms with van der Waals surface area (Å²) in [6.45, 7) is 3.73. The van der Waals surface area contributed by atoms with E-state index in [1.807, 2.05) is 19.1 Å². The van der Waals surface area contributed by atoms with Gasteiger partial charge in [-0.2, -0.15) is 0 Å². The van der Waals surface area contributed by atoms with Gasteiger partial charge in [-0.25, -0.2) is 9.78 Å². The number of hydrogen-bond acceptors (Lipinski definition) is 4. The van der Waals surface area contributed by atoms with E-state index in [1.54, 1.807) is 31.3 Å². The molecule has 0 saturated carbocycles. The minimum Gasteiger partial charge on any atom is -0.496 e. The summed E-state index contributed by atoms with van der Waals surface area (Å²) in [5, 5.41) is 3.10. The SMILES string of the molecule is COc1ccc(C)cc1C1(C)NC(=O)N(Cc2ccnc(Cl)c2)C1=O. The van der Waals surface area contributed by atoms with Gasteiger partial charge in [0.05, 0.1) is 13.7 Å². The zero-order valence-electron chi connectivity index (χ0n) is 14.2. The second-order valence-corrected chi connectivity index (χ2v) is 6.52. The molecule has 0 spiro atoms. The summed E-state index contributed by atoms with van der Waals surface area (Å²) in [5.41, 5.74) is 1.14. The van der Waals surface area contributed by atoms with E-state index in [0.29, 0.717) is 16.5 Å². The van der Waals surface area contributed by atoms with Crippen molar-refractivity contribution in [1.82, 2.24) is 15.2 Å². The molecule has 0 aliphatic carbocycles. The fraction of sp³-hybridized carbons (Fsp3) is 0.278. The number of imide groups is 1. The van der Waals surface area contributed by atoms with Crippen molar-refractivity contribution in [1.29, 1.82) is 0 Å². The average molecular weight is 360 g/mol. The highest BCUT2D eigenvalue weighted by atomic mass is 35.5. The maximum absolute atomic E-state index is 13.0. The predicted octanol–water partition coefficient (Wildman–Crippen LogP) is 3.02. The van der Waals surface area contributed by atoms with Crippen LogP contribution in [-0.4, -0.2) is 28.9 Å². The normalized spacial score (nSPS) is 19.9. The van der Waals surface area contributed by atoms with E-state index in [1.165, 1.54) is 12.0 Å². The molecule has 1 aliphatic heterocycles. The molecule has 1 saturated heterocycles. The van der Waals surface area contributed by atoms with Crippen molar-refractivity contribution in [3.8, 4) is 5.75 Å². The number of nitrogens with one attached hydrogen (secondary N) is 1. The minimum atomic E-state index is -1.19. The molecule has 1 fully saturated rings. The number of amides is 3. The molecule has 1 unspecified atom stereocenters. The van der Waals surface area contributed by atoms with Gasteiger partial charge in [0.2, 0.25) is 0 Å². The number of carbonyl (C=O) groups is 2. The van der Waals surface area contributed by atoms with Crippen LogP contribution in [0.25, 0.3) is 0 Å². The molecule has 1 aromatic carbocycles. The lowest BCUT2D eigenvalue weighted by Crippen LogP contribution is -2.41.